The smallest absolute Gasteiger partial charge is 0.0239 e. The van der Waals surface area contributed by atoms with Crippen molar-refractivity contribution in [3.05, 3.63) is 12.7 Å². The molecule has 0 heterocycles. The van der Waals surface area contributed by atoms with Crippen molar-refractivity contribution >= 4 is 0 Å². The zero-order valence-corrected chi connectivity index (χ0v) is 8.27. The summed E-state index contributed by atoms with van der Waals surface area (Å²) in [5.74, 6) is 1.51. The molecule has 66 valence electrons. The fourth-order valence-corrected chi connectivity index (χ4v) is 1.21. The minimum absolute atomic E-state index is 0.687. The molecule has 0 aliphatic carbocycles. The van der Waals surface area contributed by atoms with Crippen LogP contribution in [0, 0.1) is 11.8 Å². The summed E-state index contributed by atoms with van der Waals surface area (Å²) < 4.78 is 0. The van der Waals surface area contributed by atoms with Gasteiger partial charge in [0.25, 0.3) is 0 Å². The Morgan fingerprint density at radius 3 is 2.36 bits per heavy atom. The Bertz CT molecular complexity index is 94.2. The summed E-state index contributed by atoms with van der Waals surface area (Å²) in [7, 11) is 0. The average Bonchev–Trinajstić information content (AvgIpc) is 2.03. The standard InChI is InChI=1S/C11H22/c1-5-7-8-9-11(4)10(3)6-2/h6,10-11H,2,5,7-9H2,1,3-4H3/t10-,11-/m0/s1. The molecule has 0 saturated carbocycles. The van der Waals surface area contributed by atoms with E-state index in [0.717, 1.165) is 5.92 Å². The van der Waals surface area contributed by atoms with Crippen LogP contribution in [-0.2, 0) is 0 Å². The van der Waals surface area contributed by atoms with Crippen molar-refractivity contribution in [3.63, 3.8) is 0 Å². The zero-order valence-electron chi connectivity index (χ0n) is 8.27. The molecule has 2 atom stereocenters. The molecule has 0 aliphatic heterocycles. The maximum atomic E-state index is 3.81. The third kappa shape index (κ3) is 5.06. The second-order valence-electron chi connectivity index (χ2n) is 3.57. The van der Waals surface area contributed by atoms with E-state index in [2.05, 4.69) is 33.4 Å². The van der Waals surface area contributed by atoms with Crippen LogP contribution in [0.3, 0.4) is 0 Å². The molecule has 0 aromatic heterocycles. The minimum Gasteiger partial charge on any atom is -0.103 e. The van der Waals surface area contributed by atoms with Crippen molar-refractivity contribution in [3.8, 4) is 0 Å². The van der Waals surface area contributed by atoms with E-state index in [1.54, 1.807) is 0 Å². The molecule has 11 heavy (non-hydrogen) atoms. The van der Waals surface area contributed by atoms with Crippen molar-refractivity contribution in [1.29, 1.82) is 0 Å². The summed E-state index contributed by atoms with van der Waals surface area (Å²) in [4.78, 5) is 0. The van der Waals surface area contributed by atoms with Crippen LogP contribution in [0.2, 0.25) is 0 Å². The highest BCUT2D eigenvalue weighted by Crippen LogP contribution is 2.18. The Morgan fingerprint density at radius 1 is 1.27 bits per heavy atom. The Labute approximate surface area is 71.7 Å². The molecule has 0 bridgehead atoms. The van der Waals surface area contributed by atoms with Gasteiger partial charge in [0, 0.05) is 0 Å². The molecule has 0 saturated heterocycles. The Morgan fingerprint density at radius 2 is 1.91 bits per heavy atom. The van der Waals surface area contributed by atoms with Crippen LogP contribution >= 0.6 is 0 Å². The molecule has 0 aromatic rings. The van der Waals surface area contributed by atoms with Crippen molar-refractivity contribution in [2.24, 2.45) is 11.8 Å². The molecule has 0 rings (SSSR count). The van der Waals surface area contributed by atoms with Crippen LogP contribution in [0.4, 0.5) is 0 Å². The highest BCUT2D eigenvalue weighted by Gasteiger charge is 2.06. The zero-order chi connectivity index (χ0) is 8.69. The molecule has 0 unspecified atom stereocenters. The number of unbranched alkanes of at least 4 members (excludes halogenated alkanes) is 2. The first kappa shape index (κ1) is 10.7. The molecule has 0 radical (unpaired) electrons. The van der Waals surface area contributed by atoms with E-state index in [-0.39, 0.29) is 0 Å². The Kier molecular flexibility index (Phi) is 6.30. The van der Waals surface area contributed by atoms with Crippen LogP contribution in [0.25, 0.3) is 0 Å². The van der Waals surface area contributed by atoms with Crippen molar-refractivity contribution < 1.29 is 0 Å². The van der Waals surface area contributed by atoms with E-state index in [1.165, 1.54) is 25.7 Å². The number of hydrogen-bond acceptors (Lipinski definition) is 0. The summed E-state index contributed by atoms with van der Waals surface area (Å²) in [5.41, 5.74) is 0. The molecule has 0 amide bonds. The monoisotopic (exact) mass is 154 g/mol. The molecule has 0 fully saturated rings. The lowest BCUT2D eigenvalue weighted by Gasteiger charge is -2.15. The molecule has 0 spiro atoms. The maximum absolute atomic E-state index is 3.81. The predicted molar refractivity (Wildman–Crippen MR) is 52.7 cm³/mol. The van der Waals surface area contributed by atoms with Crippen LogP contribution in [0.1, 0.15) is 46.5 Å². The van der Waals surface area contributed by atoms with E-state index in [1.807, 2.05) is 0 Å². The first-order valence-electron chi connectivity index (χ1n) is 4.84. The van der Waals surface area contributed by atoms with Gasteiger partial charge in [-0.25, -0.2) is 0 Å². The van der Waals surface area contributed by atoms with E-state index in [9.17, 15) is 0 Å². The maximum Gasteiger partial charge on any atom is -0.0239 e. The second kappa shape index (κ2) is 6.45. The number of rotatable bonds is 6. The first-order valence-corrected chi connectivity index (χ1v) is 4.84. The summed E-state index contributed by atoms with van der Waals surface area (Å²) in [6.07, 6.45) is 7.52. The van der Waals surface area contributed by atoms with Crippen molar-refractivity contribution in [2.45, 2.75) is 46.5 Å². The molecule has 0 aliphatic rings. The third-order valence-corrected chi connectivity index (χ3v) is 2.53. The van der Waals surface area contributed by atoms with E-state index in [0.29, 0.717) is 5.92 Å². The van der Waals surface area contributed by atoms with Gasteiger partial charge in [0.15, 0.2) is 0 Å². The van der Waals surface area contributed by atoms with Gasteiger partial charge in [-0.15, -0.1) is 6.58 Å². The highest BCUT2D eigenvalue weighted by molar-refractivity contribution is 4.78. The van der Waals surface area contributed by atoms with Crippen LogP contribution in [0.15, 0.2) is 12.7 Å². The quantitative estimate of drug-likeness (QED) is 0.400. The van der Waals surface area contributed by atoms with Gasteiger partial charge in [0.05, 0.1) is 0 Å². The number of hydrogen-bond donors (Lipinski definition) is 0. The van der Waals surface area contributed by atoms with E-state index in [4.69, 9.17) is 0 Å². The van der Waals surface area contributed by atoms with Crippen molar-refractivity contribution in [2.75, 3.05) is 0 Å². The lowest BCUT2D eigenvalue weighted by Crippen LogP contribution is -2.04. The third-order valence-electron chi connectivity index (χ3n) is 2.53. The van der Waals surface area contributed by atoms with Crippen LogP contribution < -0.4 is 0 Å². The second-order valence-corrected chi connectivity index (χ2v) is 3.57. The van der Waals surface area contributed by atoms with Gasteiger partial charge in [-0.05, 0) is 11.8 Å². The highest BCUT2D eigenvalue weighted by atomic mass is 14.1. The van der Waals surface area contributed by atoms with Gasteiger partial charge < -0.3 is 0 Å². The van der Waals surface area contributed by atoms with Crippen molar-refractivity contribution in [1.82, 2.24) is 0 Å². The molecule has 0 heteroatoms. The summed E-state index contributed by atoms with van der Waals surface area (Å²) in [6, 6.07) is 0. The van der Waals surface area contributed by atoms with Gasteiger partial charge in [0.1, 0.15) is 0 Å². The Hall–Kier alpha value is -0.260. The van der Waals surface area contributed by atoms with E-state index < -0.39 is 0 Å². The molecule has 0 N–H and O–H groups in total. The van der Waals surface area contributed by atoms with Gasteiger partial charge in [0.2, 0.25) is 0 Å². The summed E-state index contributed by atoms with van der Waals surface area (Å²) in [5, 5.41) is 0. The SMILES string of the molecule is C=C[C@H](C)[C@@H](C)CCCCC. The lowest BCUT2D eigenvalue weighted by atomic mass is 9.91. The predicted octanol–water partition coefficient (Wildman–Crippen LogP) is 4.02. The van der Waals surface area contributed by atoms with Gasteiger partial charge in [-0.3, -0.25) is 0 Å². The van der Waals surface area contributed by atoms with Gasteiger partial charge in [-0.1, -0.05) is 52.5 Å². The summed E-state index contributed by atoms with van der Waals surface area (Å²) in [6.45, 7) is 10.6. The number of allylic oxidation sites excluding steroid dienone is 1. The fourth-order valence-electron chi connectivity index (χ4n) is 1.21. The van der Waals surface area contributed by atoms with E-state index >= 15 is 0 Å². The lowest BCUT2D eigenvalue weighted by molar-refractivity contribution is 0.409. The molecule has 0 nitrogen and oxygen atoms in total. The summed E-state index contributed by atoms with van der Waals surface area (Å²) >= 11 is 0. The molecular weight excluding hydrogens is 132 g/mol. The largest absolute Gasteiger partial charge is 0.103 e. The topological polar surface area (TPSA) is 0 Å². The first-order chi connectivity index (χ1) is 5.22. The molecular formula is C11H22. The van der Waals surface area contributed by atoms with Gasteiger partial charge >= 0.3 is 0 Å². The fraction of sp³-hybridized carbons (Fsp3) is 0.818. The average molecular weight is 154 g/mol. The minimum atomic E-state index is 0.687. The van der Waals surface area contributed by atoms with Crippen LogP contribution in [-0.4, -0.2) is 0 Å². The molecule has 0 aromatic carbocycles. The normalized spacial score (nSPS) is 15.9. The van der Waals surface area contributed by atoms with Gasteiger partial charge in [-0.2, -0.15) is 0 Å². The Balaban J connectivity index is 3.35. The van der Waals surface area contributed by atoms with Crippen LogP contribution in [0.5, 0.6) is 0 Å².